The Morgan fingerprint density at radius 3 is 2.50 bits per heavy atom. The molecule has 3 heteroatoms. The van der Waals surface area contributed by atoms with Crippen LogP contribution in [0.5, 0.6) is 0 Å². The van der Waals surface area contributed by atoms with Crippen LogP contribution in [0.15, 0.2) is 30.3 Å². The Kier molecular flexibility index (Phi) is 7.40. The molecule has 0 heterocycles. The molecule has 0 spiro atoms. The maximum absolute atomic E-state index is 10.1. The van der Waals surface area contributed by atoms with Gasteiger partial charge in [0.2, 0.25) is 0 Å². The van der Waals surface area contributed by atoms with Crippen molar-refractivity contribution >= 4 is 11.8 Å². The summed E-state index contributed by atoms with van der Waals surface area (Å²) in [6, 6.07) is 10.5. The molecule has 1 rings (SSSR count). The molecule has 0 radical (unpaired) electrons. The second kappa shape index (κ2) is 8.57. The van der Waals surface area contributed by atoms with Gasteiger partial charge in [-0.05, 0) is 44.4 Å². The molecule has 2 unspecified atom stereocenters. The summed E-state index contributed by atoms with van der Waals surface area (Å²) in [5.41, 5.74) is 1.02. The summed E-state index contributed by atoms with van der Waals surface area (Å²) >= 11 is 1.89. The van der Waals surface area contributed by atoms with Crippen LogP contribution in [0.4, 0.5) is 0 Å². The van der Waals surface area contributed by atoms with Crippen LogP contribution < -0.4 is 0 Å². The van der Waals surface area contributed by atoms with Crippen LogP contribution >= 0.6 is 11.8 Å². The summed E-state index contributed by atoms with van der Waals surface area (Å²) in [6.45, 7) is 3.19. The van der Waals surface area contributed by atoms with Gasteiger partial charge in [0, 0.05) is 12.6 Å². The number of rotatable bonds is 8. The molecule has 1 aromatic rings. The van der Waals surface area contributed by atoms with Gasteiger partial charge in [-0.25, -0.2) is 0 Å². The number of benzene rings is 1. The molecular weight excluding hydrogens is 242 g/mol. The van der Waals surface area contributed by atoms with Crippen molar-refractivity contribution in [3.05, 3.63) is 35.9 Å². The normalized spacial score (nSPS) is 14.7. The van der Waals surface area contributed by atoms with Crippen LogP contribution in [0.2, 0.25) is 0 Å². The van der Waals surface area contributed by atoms with Gasteiger partial charge in [0.05, 0.1) is 6.10 Å². The number of nitrogens with zero attached hydrogens (tertiary/aromatic N) is 1. The summed E-state index contributed by atoms with van der Waals surface area (Å²) in [7, 11) is 2.14. The molecule has 0 aliphatic heterocycles. The number of aliphatic hydroxyl groups is 1. The van der Waals surface area contributed by atoms with E-state index in [4.69, 9.17) is 0 Å². The first-order valence-corrected chi connectivity index (χ1v) is 7.96. The first-order valence-electron chi connectivity index (χ1n) is 6.57. The van der Waals surface area contributed by atoms with Crippen LogP contribution in [-0.2, 0) is 0 Å². The van der Waals surface area contributed by atoms with Crippen molar-refractivity contribution in [1.29, 1.82) is 0 Å². The van der Waals surface area contributed by atoms with Crippen molar-refractivity contribution in [2.45, 2.75) is 31.9 Å². The van der Waals surface area contributed by atoms with Crippen LogP contribution in [-0.4, -0.2) is 41.6 Å². The third-order valence-electron chi connectivity index (χ3n) is 3.43. The highest BCUT2D eigenvalue weighted by atomic mass is 32.2. The highest BCUT2D eigenvalue weighted by Gasteiger charge is 2.12. The Balaban J connectivity index is 2.31. The van der Waals surface area contributed by atoms with Gasteiger partial charge in [-0.2, -0.15) is 11.8 Å². The van der Waals surface area contributed by atoms with Crippen molar-refractivity contribution in [2.75, 3.05) is 25.6 Å². The summed E-state index contributed by atoms with van der Waals surface area (Å²) in [5, 5.41) is 10.1. The molecule has 0 aliphatic rings. The molecule has 0 aromatic heterocycles. The van der Waals surface area contributed by atoms with E-state index >= 15 is 0 Å². The molecule has 1 aromatic carbocycles. The highest BCUT2D eigenvalue weighted by molar-refractivity contribution is 7.98. The van der Waals surface area contributed by atoms with Gasteiger partial charge in [0.1, 0.15) is 0 Å². The molecule has 0 bridgehead atoms. The lowest BCUT2D eigenvalue weighted by molar-refractivity contribution is 0.138. The van der Waals surface area contributed by atoms with Crippen LogP contribution in [0.1, 0.15) is 31.4 Å². The van der Waals surface area contributed by atoms with Gasteiger partial charge in [-0.1, -0.05) is 30.3 Å². The van der Waals surface area contributed by atoms with E-state index in [0.29, 0.717) is 6.04 Å². The zero-order chi connectivity index (χ0) is 13.4. The molecule has 0 saturated heterocycles. The molecule has 0 fully saturated rings. The van der Waals surface area contributed by atoms with Gasteiger partial charge in [-0.3, -0.25) is 0 Å². The Bertz CT molecular complexity index is 318. The van der Waals surface area contributed by atoms with E-state index < -0.39 is 0 Å². The minimum atomic E-state index is -0.346. The van der Waals surface area contributed by atoms with Crippen molar-refractivity contribution in [2.24, 2.45) is 0 Å². The fourth-order valence-electron chi connectivity index (χ4n) is 1.90. The largest absolute Gasteiger partial charge is 0.388 e. The molecule has 2 nitrogen and oxygen atoms in total. The minimum absolute atomic E-state index is 0.346. The van der Waals surface area contributed by atoms with E-state index in [2.05, 4.69) is 25.1 Å². The molecule has 1 N–H and O–H groups in total. The SMILES string of the molecule is CSCCC(C)N(C)CCC(O)c1ccccc1. The average Bonchev–Trinajstić information content (AvgIpc) is 2.42. The van der Waals surface area contributed by atoms with E-state index in [9.17, 15) is 5.11 Å². The van der Waals surface area contributed by atoms with Gasteiger partial charge in [0.25, 0.3) is 0 Å². The van der Waals surface area contributed by atoms with Gasteiger partial charge in [0.15, 0.2) is 0 Å². The zero-order valence-corrected chi connectivity index (χ0v) is 12.5. The topological polar surface area (TPSA) is 23.5 Å². The zero-order valence-electron chi connectivity index (χ0n) is 11.7. The second-order valence-corrected chi connectivity index (χ2v) is 5.81. The Hall–Kier alpha value is -0.510. The van der Waals surface area contributed by atoms with E-state index in [1.807, 2.05) is 42.1 Å². The minimum Gasteiger partial charge on any atom is -0.388 e. The molecule has 0 aliphatic carbocycles. The first kappa shape index (κ1) is 15.5. The van der Waals surface area contributed by atoms with Crippen molar-refractivity contribution < 1.29 is 5.11 Å². The lowest BCUT2D eigenvalue weighted by Crippen LogP contribution is -2.31. The Labute approximate surface area is 115 Å². The van der Waals surface area contributed by atoms with Crippen LogP contribution in [0.25, 0.3) is 0 Å². The lowest BCUT2D eigenvalue weighted by Gasteiger charge is -2.25. The molecule has 0 saturated carbocycles. The average molecular weight is 267 g/mol. The highest BCUT2D eigenvalue weighted by Crippen LogP contribution is 2.17. The quantitative estimate of drug-likeness (QED) is 0.782. The molecule has 2 atom stereocenters. The smallest absolute Gasteiger partial charge is 0.0802 e. The van der Waals surface area contributed by atoms with Gasteiger partial charge >= 0.3 is 0 Å². The fraction of sp³-hybridized carbons (Fsp3) is 0.600. The second-order valence-electron chi connectivity index (χ2n) is 4.83. The predicted molar refractivity (Wildman–Crippen MR) is 81.1 cm³/mol. The first-order chi connectivity index (χ1) is 8.65. The van der Waals surface area contributed by atoms with Gasteiger partial charge < -0.3 is 10.0 Å². The third kappa shape index (κ3) is 5.42. The van der Waals surface area contributed by atoms with E-state index in [0.717, 1.165) is 18.5 Å². The fourth-order valence-corrected chi connectivity index (χ4v) is 2.47. The summed E-state index contributed by atoms with van der Waals surface area (Å²) in [5.74, 6) is 1.20. The molecule has 102 valence electrons. The van der Waals surface area contributed by atoms with E-state index in [1.165, 1.54) is 12.2 Å². The van der Waals surface area contributed by atoms with Crippen molar-refractivity contribution in [3.8, 4) is 0 Å². The van der Waals surface area contributed by atoms with Crippen LogP contribution in [0, 0.1) is 0 Å². The van der Waals surface area contributed by atoms with Crippen molar-refractivity contribution in [1.82, 2.24) is 4.90 Å². The summed E-state index contributed by atoms with van der Waals surface area (Å²) < 4.78 is 0. The summed E-state index contributed by atoms with van der Waals surface area (Å²) in [6.07, 6.45) is 3.80. The number of hydrogen-bond acceptors (Lipinski definition) is 3. The van der Waals surface area contributed by atoms with Gasteiger partial charge in [-0.15, -0.1) is 0 Å². The predicted octanol–water partition coefficient (Wildman–Crippen LogP) is 3.18. The molecule has 18 heavy (non-hydrogen) atoms. The lowest BCUT2D eigenvalue weighted by atomic mass is 10.1. The van der Waals surface area contributed by atoms with Crippen LogP contribution in [0.3, 0.4) is 0 Å². The van der Waals surface area contributed by atoms with E-state index in [1.54, 1.807) is 0 Å². The maximum atomic E-state index is 10.1. The molecular formula is C15H25NOS. The Morgan fingerprint density at radius 2 is 1.89 bits per heavy atom. The third-order valence-corrected chi connectivity index (χ3v) is 4.08. The van der Waals surface area contributed by atoms with Crippen molar-refractivity contribution in [3.63, 3.8) is 0 Å². The summed E-state index contributed by atoms with van der Waals surface area (Å²) in [4.78, 5) is 2.34. The molecule has 0 amide bonds. The number of aliphatic hydroxyl groups excluding tert-OH is 1. The Morgan fingerprint density at radius 1 is 1.22 bits per heavy atom. The van der Waals surface area contributed by atoms with E-state index in [-0.39, 0.29) is 6.10 Å². The number of hydrogen-bond donors (Lipinski definition) is 1. The maximum Gasteiger partial charge on any atom is 0.0802 e. The standard InChI is InChI=1S/C15H25NOS/c1-13(10-12-18-3)16(2)11-9-15(17)14-7-5-4-6-8-14/h4-8,13,15,17H,9-12H2,1-3H3. The monoisotopic (exact) mass is 267 g/mol. The number of thioether (sulfide) groups is 1.